The molecule has 3 heterocycles. The van der Waals surface area contributed by atoms with Crippen LogP contribution in [0.4, 0.5) is 0 Å². The van der Waals surface area contributed by atoms with Crippen LogP contribution in [0, 0.1) is 3.57 Å². The molecule has 1 aliphatic heterocycles. The lowest BCUT2D eigenvalue weighted by molar-refractivity contribution is -0.0604. The second kappa shape index (κ2) is 13.1. The van der Waals surface area contributed by atoms with Gasteiger partial charge in [0.2, 0.25) is 0 Å². The summed E-state index contributed by atoms with van der Waals surface area (Å²) >= 11 is 8.50. The molecule has 0 bridgehead atoms. The first kappa shape index (κ1) is 29.7. The van der Waals surface area contributed by atoms with Crippen LogP contribution in [-0.4, -0.2) is 57.4 Å². The second-order valence-corrected chi connectivity index (χ2v) is 11.3. The van der Waals surface area contributed by atoms with Gasteiger partial charge in [0.15, 0.2) is 18.4 Å². The number of hydrogen-bond donors (Lipinski definition) is 0. The third-order valence-electron chi connectivity index (χ3n) is 6.97. The molecule has 0 saturated carbocycles. The Morgan fingerprint density at radius 3 is 1.86 bits per heavy atom. The minimum absolute atomic E-state index is 0.231. The summed E-state index contributed by atoms with van der Waals surface area (Å²) in [7, 11) is 0. The van der Waals surface area contributed by atoms with E-state index in [1.165, 1.54) is 6.33 Å². The van der Waals surface area contributed by atoms with E-state index < -0.39 is 42.4 Å². The van der Waals surface area contributed by atoms with Crippen molar-refractivity contribution in [1.82, 2.24) is 14.5 Å². The van der Waals surface area contributed by atoms with Crippen molar-refractivity contribution in [3.05, 3.63) is 129 Å². The van der Waals surface area contributed by atoms with E-state index >= 15 is 0 Å². The van der Waals surface area contributed by atoms with Gasteiger partial charge in [0, 0.05) is 9.77 Å². The van der Waals surface area contributed by atoms with Crippen LogP contribution in [0.25, 0.3) is 11.0 Å². The maximum Gasteiger partial charge on any atom is 0.338 e. The number of aromatic nitrogens is 3. The summed E-state index contributed by atoms with van der Waals surface area (Å²) in [6, 6.07) is 25.2. The fourth-order valence-electron chi connectivity index (χ4n) is 4.88. The smallest absolute Gasteiger partial charge is 0.338 e. The lowest BCUT2D eigenvalue weighted by atomic mass is 10.1. The largest absolute Gasteiger partial charge is 0.459 e. The van der Waals surface area contributed by atoms with Crippen LogP contribution >= 0.6 is 34.2 Å². The molecule has 5 aromatic rings. The van der Waals surface area contributed by atoms with Crippen molar-refractivity contribution in [1.29, 1.82) is 0 Å². The third kappa shape index (κ3) is 6.16. The highest BCUT2D eigenvalue weighted by Gasteiger charge is 2.52. The van der Waals surface area contributed by atoms with Crippen LogP contribution in [0.5, 0.6) is 0 Å². The van der Waals surface area contributed by atoms with Crippen LogP contribution in [0.1, 0.15) is 37.3 Å². The molecule has 1 saturated heterocycles. The van der Waals surface area contributed by atoms with E-state index in [1.54, 1.807) is 102 Å². The highest BCUT2D eigenvalue weighted by Crippen LogP contribution is 2.39. The van der Waals surface area contributed by atoms with Crippen LogP contribution < -0.4 is 0 Å². The summed E-state index contributed by atoms with van der Waals surface area (Å²) in [5, 5.41) is 0.803. The summed E-state index contributed by atoms with van der Waals surface area (Å²) in [5.41, 5.74) is 1.32. The fraction of sp³-hybridized carbons (Fsp3) is 0.156. The molecule has 0 amide bonds. The average Bonchev–Trinajstić information content (AvgIpc) is 3.57. The molecular weight excluding hydrogens is 701 g/mol. The number of carbonyl (C=O) groups excluding carboxylic acids is 3. The van der Waals surface area contributed by atoms with Gasteiger partial charge in [-0.1, -0.05) is 66.2 Å². The molecule has 6 rings (SSSR count). The Morgan fingerprint density at radius 1 is 0.773 bits per heavy atom. The maximum atomic E-state index is 13.4. The number of carbonyl (C=O) groups is 3. The van der Waals surface area contributed by atoms with Gasteiger partial charge in [-0.05, 0) is 59.0 Å². The second-order valence-electron chi connectivity index (χ2n) is 9.75. The first-order chi connectivity index (χ1) is 21.4. The predicted octanol–water partition coefficient (Wildman–Crippen LogP) is 5.89. The van der Waals surface area contributed by atoms with Gasteiger partial charge in [0.05, 0.1) is 22.1 Å². The van der Waals surface area contributed by atoms with E-state index in [0.29, 0.717) is 16.6 Å². The Hall–Kier alpha value is -4.33. The molecule has 10 nitrogen and oxygen atoms in total. The number of benzene rings is 3. The van der Waals surface area contributed by atoms with Crippen molar-refractivity contribution in [2.75, 3.05) is 6.61 Å². The lowest BCUT2D eigenvalue weighted by Gasteiger charge is -2.25. The average molecular weight is 724 g/mol. The highest BCUT2D eigenvalue weighted by molar-refractivity contribution is 14.1. The van der Waals surface area contributed by atoms with E-state index in [4.69, 9.17) is 30.5 Å². The first-order valence-corrected chi connectivity index (χ1v) is 14.9. The topological polar surface area (TPSA) is 119 Å². The van der Waals surface area contributed by atoms with Gasteiger partial charge in [-0.2, -0.15) is 0 Å². The molecule has 0 unspecified atom stereocenters. The molecule has 0 aliphatic carbocycles. The monoisotopic (exact) mass is 723 g/mol. The number of esters is 3. The molecule has 1 fully saturated rings. The Labute approximate surface area is 270 Å². The highest BCUT2D eigenvalue weighted by atomic mass is 127. The van der Waals surface area contributed by atoms with Crippen molar-refractivity contribution in [3.8, 4) is 0 Å². The SMILES string of the molecule is O=C(OC[C@H]1O[C@@H](n2cc(I)c3c(Cl)ncnc32)[C@H](OC(=O)c2ccccc2)[C@@H]1OC(=O)c1ccccc1)c1ccccc1. The Kier molecular flexibility index (Phi) is 8.87. The molecule has 4 atom stereocenters. The van der Waals surface area contributed by atoms with E-state index in [0.717, 1.165) is 3.57 Å². The number of halogens is 2. The number of rotatable bonds is 8. The molecule has 2 aromatic heterocycles. The minimum atomic E-state index is -1.18. The molecule has 0 radical (unpaired) electrons. The van der Waals surface area contributed by atoms with Crippen molar-refractivity contribution >= 4 is 63.1 Å². The van der Waals surface area contributed by atoms with Gasteiger partial charge in [-0.15, -0.1) is 0 Å². The van der Waals surface area contributed by atoms with E-state index in [2.05, 4.69) is 32.6 Å². The number of ether oxygens (including phenoxy) is 4. The molecule has 1 aliphatic rings. The van der Waals surface area contributed by atoms with E-state index in [1.807, 2.05) is 0 Å². The summed E-state index contributed by atoms with van der Waals surface area (Å²) < 4.78 is 26.4. The summed E-state index contributed by atoms with van der Waals surface area (Å²) in [4.78, 5) is 48.1. The van der Waals surface area contributed by atoms with Gasteiger partial charge in [0.1, 0.15) is 29.8 Å². The van der Waals surface area contributed by atoms with Crippen molar-refractivity contribution in [2.24, 2.45) is 0 Å². The van der Waals surface area contributed by atoms with Gasteiger partial charge in [-0.25, -0.2) is 24.4 Å². The Balaban J connectivity index is 1.39. The molecule has 12 heteroatoms. The molecule has 0 N–H and O–H groups in total. The summed E-state index contributed by atoms with van der Waals surface area (Å²) in [5.74, 6) is -1.92. The number of fused-ring (bicyclic) bond motifs is 1. The number of nitrogens with zero attached hydrogens (tertiary/aromatic N) is 3. The minimum Gasteiger partial charge on any atom is -0.459 e. The summed E-state index contributed by atoms with van der Waals surface area (Å²) in [6.07, 6.45) is -1.40. The first-order valence-electron chi connectivity index (χ1n) is 13.5. The van der Waals surface area contributed by atoms with E-state index in [9.17, 15) is 14.4 Å². The van der Waals surface area contributed by atoms with Crippen LogP contribution in [0.2, 0.25) is 5.15 Å². The van der Waals surface area contributed by atoms with Crippen LogP contribution in [-0.2, 0) is 18.9 Å². The van der Waals surface area contributed by atoms with Crippen LogP contribution in [0.3, 0.4) is 0 Å². The fourth-order valence-corrected chi connectivity index (χ4v) is 6.07. The Bertz CT molecular complexity index is 1800. The molecule has 0 spiro atoms. The van der Waals surface area contributed by atoms with Gasteiger partial charge in [-0.3, -0.25) is 0 Å². The van der Waals surface area contributed by atoms with Crippen molar-refractivity contribution < 1.29 is 33.3 Å². The zero-order valence-corrected chi connectivity index (χ0v) is 25.7. The predicted molar refractivity (Wildman–Crippen MR) is 167 cm³/mol. The molecular formula is C32H23ClIN3O7. The third-order valence-corrected chi connectivity index (χ3v) is 8.07. The molecule has 44 heavy (non-hydrogen) atoms. The zero-order valence-electron chi connectivity index (χ0n) is 22.8. The summed E-state index contributed by atoms with van der Waals surface area (Å²) in [6.45, 7) is -0.303. The quantitative estimate of drug-likeness (QED) is 0.0836. The van der Waals surface area contributed by atoms with Crippen LogP contribution in [0.15, 0.2) is 104 Å². The van der Waals surface area contributed by atoms with Gasteiger partial charge < -0.3 is 23.5 Å². The van der Waals surface area contributed by atoms with Gasteiger partial charge >= 0.3 is 17.9 Å². The zero-order chi connectivity index (χ0) is 30.6. The molecule has 222 valence electrons. The lowest BCUT2D eigenvalue weighted by Crippen LogP contribution is -2.41. The normalized spacial score (nSPS) is 19.4. The maximum absolute atomic E-state index is 13.4. The van der Waals surface area contributed by atoms with Crippen molar-refractivity contribution in [3.63, 3.8) is 0 Å². The Morgan fingerprint density at radius 2 is 1.30 bits per heavy atom. The number of hydrogen-bond acceptors (Lipinski definition) is 9. The van der Waals surface area contributed by atoms with Crippen molar-refractivity contribution in [2.45, 2.75) is 24.5 Å². The molecule has 3 aromatic carbocycles. The van der Waals surface area contributed by atoms with E-state index in [-0.39, 0.29) is 22.9 Å². The van der Waals surface area contributed by atoms with Gasteiger partial charge in [0.25, 0.3) is 0 Å². The standard InChI is InChI=1S/C32H23ClIN3O7/c33-27-24-22(34)16-37(28(24)36-18-35-27)29-26(44-32(40)21-14-8-3-9-15-21)25(43-31(39)20-12-6-2-7-13-20)23(42-29)17-41-30(38)19-10-4-1-5-11-19/h1-16,18,23,25-26,29H,17H2/t23-,25-,26-,29-/m1/s1.